The fourth-order valence-corrected chi connectivity index (χ4v) is 8.42. The summed E-state index contributed by atoms with van der Waals surface area (Å²) in [5.41, 5.74) is 5.21. The number of aromatic hydroxyl groups is 4. The largest absolute Gasteiger partial charge is 0.508 e. The van der Waals surface area contributed by atoms with Gasteiger partial charge in [0.05, 0.1) is 0 Å². The lowest BCUT2D eigenvalue weighted by Crippen LogP contribution is -2.30. The van der Waals surface area contributed by atoms with Crippen LogP contribution in [-0.2, 0) is 0 Å². The maximum Gasteiger partial charge on any atom is 0.204 e. The zero-order chi connectivity index (χ0) is 37.7. The highest BCUT2D eigenvalue weighted by Crippen LogP contribution is 2.48. The molecule has 9 aromatic rings. The molecular weight excluding hydrogens is 687 g/mol. The van der Waals surface area contributed by atoms with E-state index < -0.39 is 40.9 Å². The predicted octanol–water partition coefficient (Wildman–Crippen LogP) is 9.41. The summed E-state index contributed by atoms with van der Waals surface area (Å²) in [6, 6.07) is 41.7. The molecule has 0 saturated carbocycles. The minimum absolute atomic E-state index is 0.0903. The Morgan fingerprint density at radius 3 is 1.89 bits per heavy atom. The lowest BCUT2D eigenvalue weighted by molar-refractivity contribution is 0.336. The van der Waals surface area contributed by atoms with Crippen LogP contribution < -0.4 is 10.4 Å². The first kappa shape index (κ1) is 32.3. The van der Waals surface area contributed by atoms with Gasteiger partial charge in [0.2, 0.25) is 11.5 Å². The van der Waals surface area contributed by atoms with Crippen LogP contribution in [0.4, 0.5) is 0 Å². The van der Waals surface area contributed by atoms with Crippen LogP contribution >= 0.6 is 0 Å². The van der Waals surface area contributed by atoms with Crippen LogP contribution in [0.5, 0.6) is 23.0 Å². The fourth-order valence-electron chi connectivity index (χ4n) is 8.42. The number of rotatable bonds is 3. The summed E-state index contributed by atoms with van der Waals surface area (Å²) in [7, 11) is 6.40. The van der Waals surface area contributed by atoms with Crippen molar-refractivity contribution in [1.82, 2.24) is 0 Å². The van der Waals surface area contributed by atoms with Crippen molar-refractivity contribution in [3.8, 4) is 45.3 Å². The number of phenols is 4. The van der Waals surface area contributed by atoms with Crippen LogP contribution in [0.3, 0.4) is 0 Å². The first-order valence-electron chi connectivity index (χ1n) is 17.7. The van der Waals surface area contributed by atoms with E-state index in [0.29, 0.717) is 21.9 Å². The summed E-state index contributed by atoms with van der Waals surface area (Å²) in [5.74, 6) is -4.75. The van der Waals surface area contributed by atoms with Crippen molar-refractivity contribution in [2.24, 2.45) is 0 Å². The molecular formula is C47H29BO7. The number of furan rings is 1. The van der Waals surface area contributed by atoms with Crippen LogP contribution in [-0.4, -0.2) is 38.5 Å². The molecule has 0 unspecified atom stereocenters. The number of benzene rings is 8. The van der Waals surface area contributed by atoms with E-state index in [9.17, 15) is 30.6 Å². The monoisotopic (exact) mass is 716 g/mol. The third-order valence-corrected chi connectivity index (χ3v) is 10.9. The molecule has 8 heteroatoms. The van der Waals surface area contributed by atoms with Crippen molar-refractivity contribution >= 4 is 73.1 Å². The van der Waals surface area contributed by atoms with Gasteiger partial charge in [0.25, 0.3) is 0 Å². The Labute approximate surface area is 313 Å². The third kappa shape index (κ3) is 4.58. The average molecular weight is 717 g/mol. The van der Waals surface area contributed by atoms with Crippen LogP contribution in [0.2, 0.25) is 0 Å². The molecule has 6 N–H and O–H groups in total. The molecule has 0 fully saturated rings. The molecule has 0 saturated heterocycles. The van der Waals surface area contributed by atoms with Crippen LogP contribution in [0.25, 0.3) is 87.6 Å². The summed E-state index contributed by atoms with van der Waals surface area (Å²) >= 11 is 0. The van der Waals surface area contributed by atoms with Gasteiger partial charge in [0.15, 0.2) is 17.3 Å². The molecule has 0 spiro atoms. The summed E-state index contributed by atoms with van der Waals surface area (Å²) in [4.78, 5) is 0. The number of allylic oxidation sites excluding steroid dienone is 2. The molecule has 8 aromatic carbocycles. The summed E-state index contributed by atoms with van der Waals surface area (Å²) in [6.07, 6.45) is -0.410. The molecule has 0 aliphatic heterocycles. The van der Waals surface area contributed by atoms with Gasteiger partial charge in [-0.2, -0.15) is 0 Å². The molecule has 262 valence electrons. The van der Waals surface area contributed by atoms with Gasteiger partial charge < -0.3 is 35.1 Å². The number of hydrogen-bond donors (Lipinski definition) is 6. The standard InChI is InChI=1S/C47H29BO7/c48-33-22-34(49)42(50)40(41-39(33)43(51)45(53)46(54)44(41)52)38-28-14-7-6-13-27(28)36(29-19-18-25(21-32(29)38)23-9-2-1-3-10-23)30-15-8-16-35-37(30)31-20-17-24-11-4-5-12-26(24)47(31)55-35/h1-21,49-54H,22H2. The van der Waals surface area contributed by atoms with Crippen molar-refractivity contribution in [3.63, 3.8) is 0 Å². The number of aliphatic hydroxyl groups excluding tert-OH is 2. The van der Waals surface area contributed by atoms with Crippen molar-refractivity contribution in [3.05, 3.63) is 155 Å². The zero-order valence-electron chi connectivity index (χ0n) is 29.0. The van der Waals surface area contributed by atoms with Crippen molar-refractivity contribution in [1.29, 1.82) is 0 Å². The summed E-state index contributed by atoms with van der Waals surface area (Å²) in [5, 5.41) is 73.9. The normalized spacial score (nSPS) is 13.4. The fraction of sp³-hybridized carbons (Fsp3) is 0.0213. The summed E-state index contributed by atoms with van der Waals surface area (Å²) < 4.78 is 6.60. The smallest absolute Gasteiger partial charge is 0.204 e. The quantitative estimate of drug-likeness (QED) is 0.0464. The van der Waals surface area contributed by atoms with Gasteiger partial charge in [-0.05, 0) is 67.4 Å². The van der Waals surface area contributed by atoms with Crippen LogP contribution in [0.15, 0.2) is 143 Å². The van der Waals surface area contributed by atoms with E-state index in [4.69, 9.17) is 12.3 Å². The molecule has 1 aliphatic carbocycles. The van der Waals surface area contributed by atoms with Crippen molar-refractivity contribution in [2.75, 3.05) is 0 Å². The number of fused-ring (bicyclic) bond motifs is 8. The van der Waals surface area contributed by atoms with Gasteiger partial charge in [-0.25, -0.2) is 0 Å². The SMILES string of the molecule is [B]C1=c2c(O)c(O)c(O)c(O)c2=C(c2c3ccccc3c(-c3cccc4oc5c6ccccc6ccc5c34)c3ccc(-c4ccccc4)cc23)C(O)=C(O)C1. The lowest BCUT2D eigenvalue weighted by atomic mass is 9.82. The number of aliphatic hydroxyl groups is 2. The second kappa shape index (κ2) is 11.8. The van der Waals surface area contributed by atoms with Crippen molar-refractivity contribution in [2.45, 2.75) is 6.42 Å². The van der Waals surface area contributed by atoms with Gasteiger partial charge in [0, 0.05) is 44.2 Å². The molecule has 55 heavy (non-hydrogen) atoms. The lowest BCUT2D eigenvalue weighted by Gasteiger charge is -2.21. The molecule has 1 aromatic heterocycles. The molecule has 0 amide bonds. The van der Waals surface area contributed by atoms with E-state index in [-0.39, 0.29) is 21.5 Å². The molecule has 0 atom stereocenters. The molecule has 1 heterocycles. The van der Waals surface area contributed by atoms with E-state index >= 15 is 0 Å². The van der Waals surface area contributed by atoms with Gasteiger partial charge in [-0.15, -0.1) is 0 Å². The van der Waals surface area contributed by atoms with E-state index in [1.54, 1.807) is 0 Å². The Hall–Kier alpha value is -7.32. The minimum Gasteiger partial charge on any atom is -0.508 e. The maximum absolute atomic E-state index is 12.0. The highest BCUT2D eigenvalue weighted by Gasteiger charge is 2.29. The van der Waals surface area contributed by atoms with E-state index in [1.165, 1.54) is 0 Å². The predicted molar refractivity (Wildman–Crippen MR) is 218 cm³/mol. The van der Waals surface area contributed by atoms with Gasteiger partial charge in [-0.1, -0.05) is 115 Å². The Bertz CT molecular complexity index is 3310. The first-order valence-corrected chi connectivity index (χ1v) is 17.7. The van der Waals surface area contributed by atoms with E-state index in [0.717, 1.165) is 60.2 Å². The Kier molecular flexibility index (Phi) is 6.97. The van der Waals surface area contributed by atoms with Gasteiger partial charge in [0.1, 0.15) is 24.8 Å². The van der Waals surface area contributed by atoms with Crippen LogP contribution in [0, 0.1) is 0 Å². The average Bonchev–Trinajstić information content (AvgIpc) is 3.57. The number of phenolic OH excluding ortho intramolecular Hbond substituents is 4. The van der Waals surface area contributed by atoms with Crippen molar-refractivity contribution < 1.29 is 35.1 Å². The second-order valence-corrected chi connectivity index (χ2v) is 13.9. The number of hydrogen-bond acceptors (Lipinski definition) is 7. The second-order valence-electron chi connectivity index (χ2n) is 13.9. The van der Waals surface area contributed by atoms with Crippen LogP contribution in [0.1, 0.15) is 12.0 Å². The zero-order valence-corrected chi connectivity index (χ0v) is 29.0. The highest BCUT2D eigenvalue weighted by molar-refractivity contribution is 6.38. The first-order chi connectivity index (χ1) is 26.7. The third-order valence-electron chi connectivity index (χ3n) is 10.9. The van der Waals surface area contributed by atoms with E-state index in [1.807, 2.05) is 97.1 Å². The van der Waals surface area contributed by atoms with Gasteiger partial charge in [-0.3, -0.25) is 0 Å². The van der Waals surface area contributed by atoms with E-state index in [2.05, 4.69) is 30.3 Å². The molecule has 10 rings (SSSR count). The summed E-state index contributed by atoms with van der Waals surface area (Å²) in [6.45, 7) is 0. The molecule has 7 nitrogen and oxygen atoms in total. The molecule has 0 bridgehead atoms. The minimum atomic E-state index is -1.00. The highest BCUT2D eigenvalue weighted by atomic mass is 16.3. The maximum atomic E-state index is 12.0. The topological polar surface area (TPSA) is 135 Å². The van der Waals surface area contributed by atoms with Gasteiger partial charge >= 0.3 is 0 Å². The Balaban J connectivity index is 1.45. The Morgan fingerprint density at radius 1 is 0.491 bits per heavy atom. The molecule has 1 aliphatic rings. The Morgan fingerprint density at radius 2 is 1.13 bits per heavy atom. The molecule has 2 radical (unpaired) electrons.